The van der Waals surface area contributed by atoms with E-state index in [4.69, 9.17) is 0 Å². The van der Waals surface area contributed by atoms with Crippen LogP contribution in [0.2, 0.25) is 0 Å². The molecule has 1 saturated carbocycles. The van der Waals surface area contributed by atoms with Gasteiger partial charge in [-0.2, -0.15) is 0 Å². The van der Waals surface area contributed by atoms with E-state index in [-0.39, 0.29) is 23.3 Å². The molecular formula is C18H27NOS. The molecule has 0 unspecified atom stereocenters. The van der Waals surface area contributed by atoms with Gasteiger partial charge in [-0.15, -0.1) is 11.3 Å². The van der Waals surface area contributed by atoms with Crippen LogP contribution in [0.15, 0.2) is 17.7 Å². The second-order valence-electron chi connectivity index (χ2n) is 7.17. The lowest BCUT2D eigenvalue weighted by Gasteiger charge is -2.14. The molecule has 1 aliphatic rings. The third-order valence-corrected chi connectivity index (χ3v) is 5.59. The highest BCUT2D eigenvalue weighted by molar-refractivity contribution is 7.12. The van der Waals surface area contributed by atoms with Crippen LogP contribution in [0.1, 0.15) is 56.0 Å². The van der Waals surface area contributed by atoms with Crippen LogP contribution >= 0.6 is 11.3 Å². The van der Waals surface area contributed by atoms with Crippen LogP contribution in [0.3, 0.4) is 0 Å². The topological polar surface area (TPSA) is 29.1 Å². The first kappa shape index (κ1) is 16.3. The lowest BCUT2D eigenvalue weighted by molar-refractivity contribution is -0.123. The zero-order valence-corrected chi connectivity index (χ0v) is 15.0. The summed E-state index contributed by atoms with van der Waals surface area (Å²) in [6, 6.07) is 2.28. The molecule has 0 radical (unpaired) electrons. The van der Waals surface area contributed by atoms with Crippen molar-refractivity contribution in [3.63, 3.8) is 0 Å². The van der Waals surface area contributed by atoms with E-state index in [1.54, 1.807) is 11.3 Å². The van der Waals surface area contributed by atoms with Crippen LogP contribution in [0, 0.1) is 31.1 Å². The average Bonchev–Trinajstić information content (AvgIpc) is 2.68. The molecule has 1 fully saturated rings. The molecule has 1 aromatic heterocycles. The molecule has 1 aromatic rings. The Bertz CT molecular complexity index is 578. The van der Waals surface area contributed by atoms with E-state index in [0.717, 1.165) is 0 Å². The fraction of sp³-hybridized carbons (Fsp3) is 0.611. The highest BCUT2D eigenvalue weighted by Gasteiger charge is 2.60. The van der Waals surface area contributed by atoms with Crippen molar-refractivity contribution in [1.29, 1.82) is 0 Å². The molecule has 1 aliphatic carbocycles. The number of allylic oxidation sites excluding steroid dienone is 2. The van der Waals surface area contributed by atoms with Gasteiger partial charge in [-0.3, -0.25) is 4.79 Å². The Morgan fingerprint density at radius 1 is 1.38 bits per heavy atom. The lowest BCUT2D eigenvalue weighted by Crippen LogP contribution is -2.29. The number of carbonyl (C=O) groups excluding carboxylic acids is 1. The van der Waals surface area contributed by atoms with Crippen LogP contribution in [-0.2, 0) is 4.79 Å². The van der Waals surface area contributed by atoms with Crippen molar-refractivity contribution in [2.75, 3.05) is 0 Å². The molecule has 3 heteroatoms. The Morgan fingerprint density at radius 2 is 2.00 bits per heavy atom. The Kier molecular flexibility index (Phi) is 4.34. The van der Waals surface area contributed by atoms with E-state index < -0.39 is 0 Å². The Labute approximate surface area is 132 Å². The third kappa shape index (κ3) is 3.23. The summed E-state index contributed by atoms with van der Waals surface area (Å²) in [5.74, 6) is 0.674. The van der Waals surface area contributed by atoms with Crippen molar-refractivity contribution < 1.29 is 4.79 Å². The van der Waals surface area contributed by atoms with Crippen molar-refractivity contribution in [3.8, 4) is 0 Å². The zero-order valence-electron chi connectivity index (χ0n) is 14.2. The van der Waals surface area contributed by atoms with Gasteiger partial charge in [0.15, 0.2) is 0 Å². The smallest absolute Gasteiger partial charge is 0.224 e. The first-order valence-electron chi connectivity index (χ1n) is 7.67. The molecule has 1 amide bonds. The molecular weight excluding hydrogens is 278 g/mol. The highest BCUT2D eigenvalue weighted by atomic mass is 32.1. The molecule has 116 valence electrons. The number of hydrogen-bond donors (Lipinski definition) is 1. The van der Waals surface area contributed by atoms with Gasteiger partial charge < -0.3 is 5.32 Å². The van der Waals surface area contributed by atoms with E-state index in [9.17, 15) is 4.79 Å². The monoisotopic (exact) mass is 305 g/mol. The molecule has 0 bridgehead atoms. The SMILES string of the molecule is CC(C)=C[C@@H]1[C@H](C(=O)N[C@H](C)c2cc(C)sc2C)C1(C)C. The maximum Gasteiger partial charge on any atom is 0.224 e. The van der Waals surface area contributed by atoms with Crippen molar-refractivity contribution in [2.45, 2.75) is 54.5 Å². The van der Waals surface area contributed by atoms with Gasteiger partial charge >= 0.3 is 0 Å². The van der Waals surface area contributed by atoms with E-state index in [0.29, 0.717) is 5.92 Å². The molecule has 0 spiro atoms. The van der Waals surface area contributed by atoms with Crippen LogP contribution in [0.4, 0.5) is 0 Å². The number of nitrogens with one attached hydrogen (secondary N) is 1. The molecule has 0 aliphatic heterocycles. The van der Waals surface area contributed by atoms with Gasteiger partial charge in [-0.1, -0.05) is 25.5 Å². The second-order valence-corrected chi connectivity index (χ2v) is 8.63. The normalized spacial score (nSPS) is 24.3. The number of amides is 1. The predicted molar refractivity (Wildman–Crippen MR) is 90.5 cm³/mol. The lowest BCUT2D eigenvalue weighted by atomic mass is 10.1. The number of carbonyl (C=O) groups is 1. The van der Waals surface area contributed by atoms with E-state index in [1.165, 1.54) is 20.9 Å². The Hall–Kier alpha value is -1.09. The van der Waals surface area contributed by atoms with E-state index >= 15 is 0 Å². The van der Waals surface area contributed by atoms with Gasteiger partial charge in [-0.25, -0.2) is 0 Å². The van der Waals surface area contributed by atoms with Crippen LogP contribution < -0.4 is 5.32 Å². The Balaban J connectivity index is 2.06. The number of rotatable bonds is 4. The zero-order chi connectivity index (χ0) is 15.9. The maximum atomic E-state index is 12.6. The van der Waals surface area contributed by atoms with E-state index in [2.05, 4.69) is 65.9 Å². The molecule has 3 atom stereocenters. The number of thiophene rings is 1. The summed E-state index contributed by atoms with van der Waals surface area (Å²) >= 11 is 1.80. The fourth-order valence-electron chi connectivity index (χ4n) is 3.31. The summed E-state index contributed by atoms with van der Waals surface area (Å²) in [7, 11) is 0. The van der Waals surface area contributed by atoms with Gasteiger partial charge in [0, 0.05) is 9.75 Å². The van der Waals surface area contributed by atoms with Crippen LogP contribution in [0.25, 0.3) is 0 Å². The molecule has 0 aromatic carbocycles. The van der Waals surface area contributed by atoms with Gasteiger partial charge in [0.25, 0.3) is 0 Å². The molecule has 1 N–H and O–H groups in total. The second kappa shape index (κ2) is 5.60. The van der Waals surface area contributed by atoms with Gasteiger partial charge in [-0.05, 0) is 57.6 Å². The number of hydrogen-bond acceptors (Lipinski definition) is 2. The molecule has 21 heavy (non-hydrogen) atoms. The summed E-state index contributed by atoms with van der Waals surface area (Å²) in [5, 5.41) is 3.21. The minimum atomic E-state index is 0.0840. The van der Waals surface area contributed by atoms with Crippen molar-refractivity contribution >= 4 is 17.2 Å². The number of aryl methyl sites for hydroxylation is 2. The summed E-state index contributed by atoms with van der Waals surface area (Å²) in [6.07, 6.45) is 2.24. The summed E-state index contributed by atoms with van der Waals surface area (Å²) in [6.45, 7) is 14.9. The summed E-state index contributed by atoms with van der Waals surface area (Å²) in [4.78, 5) is 15.2. The minimum absolute atomic E-state index is 0.0840. The van der Waals surface area contributed by atoms with Gasteiger partial charge in [0.2, 0.25) is 5.91 Å². The first-order valence-corrected chi connectivity index (χ1v) is 8.48. The van der Waals surface area contributed by atoms with Crippen LogP contribution in [0.5, 0.6) is 0 Å². The van der Waals surface area contributed by atoms with Crippen molar-refractivity contribution in [1.82, 2.24) is 5.32 Å². The molecule has 2 rings (SSSR count). The van der Waals surface area contributed by atoms with Crippen molar-refractivity contribution in [3.05, 3.63) is 33.0 Å². The minimum Gasteiger partial charge on any atom is -0.349 e. The van der Waals surface area contributed by atoms with Crippen LogP contribution in [-0.4, -0.2) is 5.91 Å². The van der Waals surface area contributed by atoms with E-state index in [1.807, 2.05) is 0 Å². The maximum absolute atomic E-state index is 12.6. The fourth-order valence-corrected chi connectivity index (χ4v) is 4.33. The summed E-state index contributed by atoms with van der Waals surface area (Å²) < 4.78 is 0. The third-order valence-electron chi connectivity index (χ3n) is 4.61. The van der Waals surface area contributed by atoms with Gasteiger partial charge in [0.05, 0.1) is 12.0 Å². The quantitative estimate of drug-likeness (QED) is 0.797. The standard InChI is InChI=1S/C18H27NOS/c1-10(2)8-15-16(18(15,6)7)17(20)19-12(4)14-9-11(3)21-13(14)5/h8-9,12,15-16H,1-7H3,(H,19,20)/t12-,15-,16-/m1/s1. The molecule has 0 saturated heterocycles. The predicted octanol–water partition coefficient (Wildman–Crippen LogP) is 4.78. The molecule has 1 heterocycles. The first-order chi connectivity index (χ1) is 9.64. The molecule has 2 nitrogen and oxygen atoms in total. The largest absolute Gasteiger partial charge is 0.349 e. The van der Waals surface area contributed by atoms with Crippen molar-refractivity contribution in [2.24, 2.45) is 17.3 Å². The summed E-state index contributed by atoms with van der Waals surface area (Å²) in [5.41, 5.74) is 2.63. The highest BCUT2D eigenvalue weighted by Crippen LogP contribution is 2.59. The average molecular weight is 305 g/mol. The van der Waals surface area contributed by atoms with Gasteiger partial charge in [0.1, 0.15) is 0 Å². The Morgan fingerprint density at radius 3 is 2.48 bits per heavy atom.